The second kappa shape index (κ2) is 6.75. The number of rotatable bonds is 5. The summed E-state index contributed by atoms with van der Waals surface area (Å²) in [6.45, 7) is 5.28. The van der Waals surface area contributed by atoms with E-state index in [0.29, 0.717) is 6.04 Å². The highest BCUT2D eigenvalue weighted by molar-refractivity contribution is 5.53. The number of nitrogens with zero attached hydrogens (tertiary/aromatic N) is 2. The summed E-state index contributed by atoms with van der Waals surface area (Å²) < 4.78 is 5.86. The van der Waals surface area contributed by atoms with E-state index < -0.39 is 0 Å². The fourth-order valence-electron chi connectivity index (χ4n) is 2.67. The van der Waals surface area contributed by atoms with E-state index in [1.165, 1.54) is 12.8 Å². The van der Waals surface area contributed by atoms with E-state index in [1.54, 1.807) is 0 Å². The predicted molar refractivity (Wildman–Crippen MR) is 76.7 cm³/mol. The molecule has 0 radical (unpaired) electrons. The van der Waals surface area contributed by atoms with Crippen LogP contribution in [0.3, 0.4) is 0 Å². The lowest BCUT2D eigenvalue weighted by Gasteiger charge is -2.37. The number of hydrogen-bond acceptors (Lipinski definition) is 4. The summed E-state index contributed by atoms with van der Waals surface area (Å²) >= 11 is 0. The molecule has 0 aliphatic carbocycles. The molecule has 1 saturated heterocycles. The molecule has 1 aliphatic rings. The third-order valence-corrected chi connectivity index (χ3v) is 3.48. The number of aliphatic hydroxyl groups excluding tert-OH is 1. The van der Waals surface area contributed by atoms with E-state index in [-0.39, 0.29) is 12.7 Å². The summed E-state index contributed by atoms with van der Waals surface area (Å²) in [5.41, 5.74) is 0. The van der Waals surface area contributed by atoms with Gasteiger partial charge < -0.3 is 14.7 Å². The molecule has 106 valence electrons. The van der Waals surface area contributed by atoms with Gasteiger partial charge in [-0.15, -0.1) is 0 Å². The largest absolute Gasteiger partial charge is 0.487 e. The first kappa shape index (κ1) is 14.1. The van der Waals surface area contributed by atoms with E-state index in [0.717, 1.165) is 31.0 Å². The molecular formula is C15H24N2O2. The maximum absolute atomic E-state index is 9.22. The fourth-order valence-corrected chi connectivity index (χ4v) is 2.67. The van der Waals surface area contributed by atoms with Crippen molar-refractivity contribution in [3.63, 3.8) is 0 Å². The second-order valence-corrected chi connectivity index (χ2v) is 5.35. The van der Waals surface area contributed by atoms with Gasteiger partial charge in [0.05, 0.1) is 6.10 Å². The lowest BCUT2D eigenvalue weighted by atomic mass is 9.99. The molecule has 1 fully saturated rings. The van der Waals surface area contributed by atoms with Crippen LogP contribution in [0.5, 0.6) is 5.75 Å². The Labute approximate surface area is 115 Å². The topological polar surface area (TPSA) is 45.6 Å². The van der Waals surface area contributed by atoms with Crippen LogP contribution in [0.25, 0.3) is 0 Å². The minimum Gasteiger partial charge on any atom is -0.487 e. The Morgan fingerprint density at radius 2 is 2.32 bits per heavy atom. The van der Waals surface area contributed by atoms with Crippen molar-refractivity contribution in [2.75, 3.05) is 18.1 Å². The first-order valence-electron chi connectivity index (χ1n) is 7.21. The van der Waals surface area contributed by atoms with Crippen molar-refractivity contribution in [3.05, 3.63) is 18.3 Å². The number of anilines is 1. The Bertz CT molecular complexity index is 393. The van der Waals surface area contributed by atoms with Crippen molar-refractivity contribution in [2.45, 2.75) is 51.7 Å². The molecule has 4 heteroatoms. The van der Waals surface area contributed by atoms with Crippen LogP contribution in [0, 0.1) is 0 Å². The highest BCUT2D eigenvalue weighted by Gasteiger charge is 2.25. The van der Waals surface area contributed by atoms with Gasteiger partial charge in [-0.25, -0.2) is 4.98 Å². The van der Waals surface area contributed by atoms with Crippen molar-refractivity contribution < 1.29 is 9.84 Å². The van der Waals surface area contributed by atoms with Gasteiger partial charge in [-0.1, -0.05) is 0 Å². The number of aliphatic hydroxyl groups is 1. The molecule has 4 nitrogen and oxygen atoms in total. The van der Waals surface area contributed by atoms with Crippen LogP contribution in [-0.2, 0) is 0 Å². The SMILES string of the molecule is CC(C)Oc1cccnc1N1CCCCC1CCO. The highest BCUT2D eigenvalue weighted by atomic mass is 16.5. The molecule has 1 unspecified atom stereocenters. The van der Waals surface area contributed by atoms with Crippen LogP contribution in [-0.4, -0.2) is 35.4 Å². The molecule has 0 bridgehead atoms. The Balaban J connectivity index is 2.22. The van der Waals surface area contributed by atoms with Gasteiger partial charge in [0, 0.05) is 25.4 Å². The molecule has 1 aromatic rings. The Kier molecular flexibility index (Phi) is 5.02. The van der Waals surface area contributed by atoms with Gasteiger partial charge in [-0.3, -0.25) is 0 Å². The molecule has 19 heavy (non-hydrogen) atoms. The minimum absolute atomic E-state index is 0.143. The fraction of sp³-hybridized carbons (Fsp3) is 0.667. The average Bonchev–Trinajstić information content (AvgIpc) is 2.40. The summed E-state index contributed by atoms with van der Waals surface area (Å²) in [5, 5.41) is 9.22. The molecule has 1 aromatic heterocycles. The van der Waals surface area contributed by atoms with Crippen LogP contribution < -0.4 is 9.64 Å². The maximum atomic E-state index is 9.22. The summed E-state index contributed by atoms with van der Waals surface area (Å²) in [4.78, 5) is 6.81. The quantitative estimate of drug-likeness (QED) is 0.888. The summed E-state index contributed by atoms with van der Waals surface area (Å²) in [6.07, 6.45) is 6.29. The number of hydrogen-bond donors (Lipinski definition) is 1. The van der Waals surface area contributed by atoms with Crippen molar-refractivity contribution in [2.24, 2.45) is 0 Å². The Morgan fingerprint density at radius 3 is 3.05 bits per heavy atom. The summed E-state index contributed by atoms with van der Waals surface area (Å²) in [7, 11) is 0. The maximum Gasteiger partial charge on any atom is 0.171 e. The van der Waals surface area contributed by atoms with E-state index in [9.17, 15) is 5.11 Å². The molecule has 1 aliphatic heterocycles. The first-order valence-corrected chi connectivity index (χ1v) is 7.21. The second-order valence-electron chi connectivity index (χ2n) is 5.35. The van der Waals surface area contributed by atoms with Crippen LogP contribution in [0.1, 0.15) is 39.5 Å². The lowest BCUT2D eigenvalue weighted by Crippen LogP contribution is -2.41. The third-order valence-electron chi connectivity index (χ3n) is 3.48. The molecule has 2 heterocycles. The van der Waals surface area contributed by atoms with Crippen molar-refractivity contribution in [1.82, 2.24) is 4.98 Å². The minimum atomic E-state index is 0.143. The average molecular weight is 264 g/mol. The van der Waals surface area contributed by atoms with Crippen LogP contribution >= 0.6 is 0 Å². The predicted octanol–water partition coefficient (Wildman–Crippen LogP) is 2.61. The number of piperidine rings is 1. The number of aromatic nitrogens is 1. The summed E-state index contributed by atoms with van der Waals surface area (Å²) in [6, 6.07) is 4.27. The molecule has 0 saturated carbocycles. The molecular weight excluding hydrogens is 240 g/mol. The van der Waals surface area contributed by atoms with E-state index in [1.807, 2.05) is 32.2 Å². The highest BCUT2D eigenvalue weighted by Crippen LogP contribution is 2.32. The zero-order valence-electron chi connectivity index (χ0n) is 11.9. The smallest absolute Gasteiger partial charge is 0.171 e. The lowest BCUT2D eigenvalue weighted by molar-refractivity contribution is 0.238. The Morgan fingerprint density at radius 1 is 1.47 bits per heavy atom. The van der Waals surface area contributed by atoms with Gasteiger partial charge >= 0.3 is 0 Å². The third kappa shape index (κ3) is 3.60. The molecule has 0 aromatic carbocycles. The van der Waals surface area contributed by atoms with Crippen molar-refractivity contribution in [3.8, 4) is 5.75 Å². The van der Waals surface area contributed by atoms with Gasteiger partial charge in [0.25, 0.3) is 0 Å². The van der Waals surface area contributed by atoms with Crippen molar-refractivity contribution >= 4 is 5.82 Å². The molecule has 1 atom stereocenters. The molecule has 2 rings (SSSR count). The van der Waals surface area contributed by atoms with Gasteiger partial charge in [-0.05, 0) is 51.7 Å². The van der Waals surface area contributed by atoms with E-state index in [4.69, 9.17) is 4.74 Å². The van der Waals surface area contributed by atoms with Crippen LogP contribution in [0.4, 0.5) is 5.82 Å². The van der Waals surface area contributed by atoms with E-state index >= 15 is 0 Å². The zero-order valence-corrected chi connectivity index (χ0v) is 11.9. The number of ether oxygens (including phenoxy) is 1. The number of pyridine rings is 1. The van der Waals surface area contributed by atoms with Gasteiger partial charge in [0.2, 0.25) is 0 Å². The van der Waals surface area contributed by atoms with Gasteiger partial charge in [-0.2, -0.15) is 0 Å². The monoisotopic (exact) mass is 264 g/mol. The van der Waals surface area contributed by atoms with Crippen LogP contribution in [0.15, 0.2) is 18.3 Å². The Hall–Kier alpha value is -1.29. The zero-order chi connectivity index (χ0) is 13.7. The first-order chi connectivity index (χ1) is 9.22. The van der Waals surface area contributed by atoms with Gasteiger partial charge in [0.15, 0.2) is 11.6 Å². The van der Waals surface area contributed by atoms with Gasteiger partial charge in [0.1, 0.15) is 0 Å². The van der Waals surface area contributed by atoms with E-state index in [2.05, 4.69) is 9.88 Å². The van der Waals surface area contributed by atoms with Crippen LogP contribution in [0.2, 0.25) is 0 Å². The normalized spacial score (nSPS) is 19.8. The molecule has 1 N–H and O–H groups in total. The molecule has 0 amide bonds. The van der Waals surface area contributed by atoms with Crippen molar-refractivity contribution in [1.29, 1.82) is 0 Å². The molecule has 0 spiro atoms. The summed E-state index contributed by atoms with van der Waals surface area (Å²) in [5.74, 6) is 1.77. The standard InChI is InChI=1S/C15H24N2O2/c1-12(2)19-14-7-5-9-16-15(14)17-10-4-3-6-13(17)8-11-18/h5,7,9,12-13,18H,3-4,6,8,10-11H2,1-2H3.